The first kappa shape index (κ1) is 20.3. The molecule has 1 fully saturated rings. The number of hydrogen-bond acceptors (Lipinski definition) is 5. The van der Waals surface area contributed by atoms with Gasteiger partial charge in [-0.15, -0.1) is 11.3 Å². The molecule has 158 valence electrons. The van der Waals surface area contributed by atoms with Gasteiger partial charge < -0.3 is 9.88 Å². The van der Waals surface area contributed by atoms with E-state index in [0.717, 1.165) is 52.9 Å². The quantitative estimate of drug-likeness (QED) is 0.403. The lowest BCUT2D eigenvalue weighted by Crippen LogP contribution is -2.31. The fourth-order valence-electron chi connectivity index (χ4n) is 4.06. The molecule has 0 radical (unpaired) electrons. The van der Waals surface area contributed by atoms with Crippen molar-refractivity contribution < 1.29 is 4.79 Å². The van der Waals surface area contributed by atoms with Gasteiger partial charge in [0.25, 0.3) is 0 Å². The number of aromatic amines is 1. The summed E-state index contributed by atoms with van der Waals surface area (Å²) >= 11 is 3.19. The number of imidazole rings is 1. The van der Waals surface area contributed by atoms with E-state index in [1.807, 2.05) is 48.2 Å². The predicted molar refractivity (Wildman–Crippen MR) is 127 cm³/mol. The van der Waals surface area contributed by atoms with Crippen LogP contribution in [0, 0.1) is 6.92 Å². The first-order valence-corrected chi connectivity index (χ1v) is 12.3. The van der Waals surface area contributed by atoms with Crippen LogP contribution in [0.2, 0.25) is 0 Å². The number of nitrogens with zero attached hydrogens (tertiary/aromatic N) is 3. The summed E-state index contributed by atoms with van der Waals surface area (Å²) in [6, 6.07) is 18.6. The van der Waals surface area contributed by atoms with E-state index in [9.17, 15) is 4.79 Å². The first-order chi connectivity index (χ1) is 15.2. The summed E-state index contributed by atoms with van der Waals surface area (Å²) < 4.78 is 1.18. The van der Waals surface area contributed by atoms with E-state index in [1.165, 1.54) is 22.0 Å². The van der Waals surface area contributed by atoms with Crippen LogP contribution in [-0.4, -0.2) is 38.1 Å². The van der Waals surface area contributed by atoms with Gasteiger partial charge in [0.2, 0.25) is 5.91 Å². The van der Waals surface area contributed by atoms with Crippen molar-refractivity contribution >= 4 is 39.2 Å². The lowest BCUT2D eigenvalue weighted by Gasteiger charge is -2.22. The average Bonchev–Trinajstić information content (AvgIpc) is 3.51. The second kappa shape index (κ2) is 8.85. The highest BCUT2D eigenvalue weighted by molar-refractivity contribution is 7.99. The number of carbonyl (C=O) groups excluding carboxylic acids is 1. The van der Waals surface area contributed by atoms with Crippen molar-refractivity contribution in [3.63, 3.8) is 0 Å². The Morgan fingerprint density at radius 2 is 1.97 bits per heavy atom. The number of fused-ring (bicyclic) bond motifs is 1. The maximum absolute atomic E-state index is 13.0. The molecule has 1 saturated heterocycles. The summed E-state index contributed by atoms with van der Waals surface area (Å²) in [4.78, 5) is 27.9. The Morgan fingerprint density at radius 1 is 1.16 bits per heavy atom. The Hall–Kier alpha value is -2.64. The number of aromatic nitrogens is 3. The summed E-state index contributed by atoms with van der Waals surface area (Å²) in [5, 5.41) is 1.86. The largest absolute Gasteiger partial charge is 0.337 e. The van der Waals surface area contributed by atoms with Crippen LogP contribution in [-0.2, 0) is 11.2 Å². The van der Waals surface area contributed by atoms with Crippen LogP contribution in [0.15, 0.2) is 59.8 Å². The number of benzene rings is 2. The summed E-state index contributed by atoms with van der Waals surface area (Å²) in [7, 11) is 0. The van der Waals surface area contributed by atoms with Crippen LogP contribution in [0.4, 0.5) is 0 Å². The van der Waals surface area contributed by atoms with E-state index >= 15 is 0 Å². The van der Waals surface area contributed by atoms with E-state index in [0.29, 0.717) is 5.75 Å². The van der Waals surface area contributed by atoms with Gasteiger partial charge in [0.1, 0.15) is 5.01 Å². The van der Waals surface area contributed by atoms with Gasteiger partial charge in [-0.2, -0.15) is 0 Å². The summed E-state index contributed by atoms with van der Waals surface area (Å²) in [6.45, 7) is 2.84. The maximum Gasteiger partial charge on any atom is 0.233 e. The highest BCUT2D eigenvalue weighted by atomic mass is 32.2. The van der Waals surface area contributed by atoms with Crippen molar-refractivity contribution in [1.82, 2.24) is 19.9 Å². The summed E-state index contributed by atoms with van der Waals surface area (Å²) in [5.41, 5.74) is 4.36. The minimum Gasteiger partial charge on any atom is -0.337 e. The van der Waals surface area contributed by atoms with Crippen molar-refractivity contribution in [3.05, 3.63) is 76.6 Å². The van der Waals surface area contributed by atoms with E-state index in [4.69, 9.17) is 9.97 Å². The fraction of sp³-hybridized carbons (Fsp3) is 0.292. The highest BCUT2D eigenvalue weighted by Gasteiger charge is 2.32. The molecule has 1 atom stereocenters. The maximum atomic E-state index is 13.0. The molecule has 1 amide bonds. The number of H-pyrrole nitrogens is 1. The van der Waals surface area contributed by atoms with Crippen LogP contribution in [0.1, 0.15) is 40.8 Å². The van der Waals surface area contributed by atoms with Crippen LogP contribution in [0.3, 0.4) is 0 Å². The van der Waals surface area contributed by atoms with Gasteiger partial charge in [0, 0.05) is 18.7 Å². The zero-order valence-corrected chi connectivity index (χ0v) is 19.0. The molecule has 0 spiro atoms. The fourth-order valence-corrected chi connectivity index (χ4v) is 6.01. The van der Waals surface area contributed by atoms with Gasteiger partial charge in [-0.25, -0.2) is 9.97 Å². The third kappa shape index (κ3) is 4.38. The molecule has 5 nitrogen and oxygen atoms in total. The average molecular weight is 449 g/mol. The number of aryl methyl sites for hydroxylation is 1. The molecule has 3 heterocycles. The van der Waals surface area contributed by atoms with E-state index < -0.39 is 0 Å². The second-order valence-corrected chi connectivity index (χ2v) is 9.86. The highest BCUT2D eigenvalue weighted by Crippen LogP contribution is 2.37. The van der Waals surface area contributed by atoms with Crippen molar-refractivity contribution in [2.75, 3.05) is 12.3 Å². The topological polar surface area (TPSA) is 61.9 Å². The Morgan fingerprint density at radius 3 is 2.81 bits per heavy atom. The number of hydrogen-bond donors (Lipinski definition) is 1. The minimum absolute atomic E-state index is 0.0949. The molecule has 2 aromatic carbocycles. The number of para-hydroxylation sites is 1. The van der Waals surface area contributed by atoms with E-state index in [2.05, 4.69) is 23.2 Å². The number of amides is 1. The van der Waals surface area contributed by atoms with Gasteiger partial charge in [-0.3, -0.25) is 4.79 Å². The molecule has 0 aliphatic carbocycles. The van der Waals surface area contributed by atoms with Crippen molar-refractivity contribution in [3.8, 4) is 0 Å². The zero-order valence-electron chi connectivity index (χ0n) is 17.4. The molecule has 7 heteroatoms. The van der Waals surface area contributed by atoms with E-state index in [1.54, 1.807) is 11.3 Å². The van der Waals surface area contributed by atoms with Gasteiger partial charge in [0.15, 0.2) is 5.16 Å². The number of thiazole rings is 1. The second-order valence-electron chi connectivity index (χ2n) is 7.83. The van der Waals surface area contributed by atoms with Gasteiger partial charge in [-0.05, 0) is 37.5 Å². The van der Waals surface area contributed by atoms with Crippen LogP contribution >= 0.6 is 23.1 Å². The Balaban J connectivity index is 1.24. The van der Waals surface area contributed by atoms with Crippen LogP contribution in [0.5, 0.6) is 0 Å². The summed E-state index contributed by atoms with van der Waals surface area (Å²) in [6.07, 6.45) is 2.80. The lowest BCUT2D eigenvalue weighted by atomic mass is 10.1. The molecular formula is C24H24N4OS2. The SMILES string of the molecule is Cc1[nH]c(SCC(=O)N2CCC[C@@H]2c2nc3ccccc3s2)nc1Cc1ccccc1. The molecule has 1 aliphatic rings. The molecule has 31 heavy (non-hydrogen) atoms. The Bertz CT molecular complexity index is 1170. The predicted octanol–water partition coefficient (Wildman–Crippen LogP) is 5.37. The monoisotopic (exact) mass is 448 g/mol. The molecule has 4 aromatic rings. The van der Waals surface area contributed by atoms with E-state index in [-0.39, 0.29) is 11.9 Å². The van der Waals surface area contributed by atoms with Crippen LogP contribution < -0.4 is 0 Å². The Labute approximate surface area is 189 Å². The third-order valence-electron chi connectivity index (χ3n) is 5.68. The van der Waals surface area contributed by atoms with Crippen molar-refractivity contribution in [2.45, 2.75) is 37.4 Å². The number of carbonyl (C=O) groups is 1. The van der Waals surface area contributed by atoms with Gasteiger partial charge in [-0.1, -0.05) is 54.2 Å². The first-order valence-electron chi connectivity index (χ1n) is 10.5. The smallest absolute Gasteiger partial charge is 0.233 e. The number of nitrogens with one attached hydrogen (secondary N) is 1. The van der Waals surface area contributed by atoms with Gasteiger partial charge in [0.05, 0.1) is 27.7 Å². The van der Waals surface area contributed by atoms with Crippen molar-refractivity contribution in [2.24, 2.45) is 0 Å². The normalized spacial score (nSPS) is 16.3. The molecule has 5 rings (SSSR count). The molecule has 0 unspecified atom stereocenters. The number of rotatable bonds is 6. The molecule has 2 aromatic heterocycles. The Kier molecular flexibility index (Phi) is 5.78. The molecular weight excluding hydrogens is 424 g/mol. The van der Waals surface area contributed by atoms with Crippen LogP contribution in [0.25, 0.3) is 10.2 Å². The molecule has 0 bridgehead atoms. The third-order valence-corrected chi connectivity index (χ3v) is 7.67. The lowest BCUT2D eigenvalue weighted by molar-refractivity contribution is -0.129. The van der Waals surface area contributed by atoms with Crippen molar-refractivity contribution in [1.29, 1.82) is 0 Å². The molecule has 1 aliphatic heterocycles. The number of thioether (sulfide) groups is 1. The summed E-state index contributed by atoms with van der Waals surface area (Å²) in [5.74, 6) is 0.546. The number of likely N-dealkylation sites (tertiary alicyclic amines) is 1. The molecule has 0 saturated carbocycles. The van der Waals surface area contributed by atoms with Gasteiger partial charge >= 0.3 is 0 Å². The zero-order chi connectivity index (χ0) is 21.2. The standard InChI is InChI=1S/C24H24N4OS2/c1-16-19(14-17-8-3-2-4-9-17)27-24(25-16)30-15-22(29)28-13-7-11-20(28)23-26-18-10-5-6-12-21(18)31-23/h2-6,8-10,12,20H,7,11,13-15H2,1H3,(H,25,27)/t20-/m1/s1. The molecule has 1 N–H and O–H groups in total. The minimum atomic E-state index is 0.0949.